The molecule has 11 heteroatoms. The molecule has 0 heterocycles. The van der Waals surface area contributed by atoms with Crippen molar-refractivity contribution in [3.05, 3.63) is 125 Å². The highest BCUT2D eigenvalue weighted by atomic mass is 32.2. The molecular weight excluding hydrogens is 596 g/mol. The normalized spacial score (nSPS) is 11.2. The van der Waals surface area contributed by atoms with Crippen molar-refractivity contribution in [2.75, 3.05) is 17.2 Å². The number of nitrogens with one attached hydrogen (secondary N) is 2. The highest BCUT2D eigenvalue weighted by Crippen LogP contribution is 2.37. The molecule has 4 N–H and O–H groups in total. The average Bonchev–Trinajstić information content (AvgIpc) is 3.04. The molecule has 0 bridgehead atoms. The monoisotopic (exact) mass is 626 g/mol. The van der Waals surface area contributed by atoms with E-state index in [1.165, 1.54) is 11.8 Å². The number of aromatic carboxylic acids is 2. The summed E-state index contributed by atoms with van der Waals surface area (Å²) in [6.07, 6.45) is 1.69. The van der Waals surface area contributed by atoms with Crippen LogP contribution in [0.25, 0.3) is 0 Å². The predicted molar refractivity (Wildman–Crippen MR) is 170 cm³/mol. The van der Waals surface area contributed by atoms with Gasteiger partial charge in [-0.25, -0.2) is 14.4 Å². The smallest absolute Gasteiger partial charge is 0.338 e. The topological polar surface area (TPSA) is 159 Å². The van der Waals surface area contributed by atoms with Crippen LogP contribution in [0.2, 0.25) is 0 Å². The Labute approximate surface area is 263 Å². The molecule has 0 aromatic heterocycles. The van der Waals surface area contributed by atoms with Gasteiger partial charge in [0.1, 0.15) is 5.25 Å². The highest BCUT2D eigenvalue weighted by Gasteiger charge is 2.23. The molecule has 4 aromatic rings. The number of ether oxygens (including phenoxy) is 1. The van der Waals surface area contributed by atoms with E-state index in [2.05, 4.69) is 10.6 Å². The molecule has 0 radical (unpaired) electrons. The third kappa shape index (κ3) is 8.80. The lowest BCUT2D eigenvalue weighted by Gasteiger charge is -2.18. The maximum absolute atomic E-state index is 13.5. The van der Waals surface area contributed by atoms with E-state index >= 15 is 0 Å². The highest BCUT2D eigenvalue weighted by molar-refractivity contribution is 8.00. The lowest BCUT2D eigenvalue weighted by atomic mass is 10.0. The number of thioether (sulfide) groups is 1. The number of carboxylic acids is 2. The molecule has 4 rings (SSSR count). The fourth-order valence-electron chi connectivity index (χ4n) is 4.22. The number of carboxylic acid groups (broad SMARTS) is 2. The number of unbranched alkanes of at least 4 members (excludes halogenated alkanes) is 1. The molecule has 0 saturated heterocycles. The number of esters is 1. The number of carbonyl (C=O) groups is 5. The van der Waals surface area contributed by atoms with E-state index in [1.807, 2.05) is 37.3 Å². The van der Waals surface area contributed by atoms with Gasteiger partial charge in [0.15, 0.2) is 0 Å². The summed E-state index contributed by atoms with van der Waals surface area (Å²) in [4.78, 5) is 62.4. The van der Waals surface area contributed by atoms with Crippen molar-refractivity contribution in [2.45, 2.75) is 29.9 Å². The van der Waals surface area contributed by atoms with Crippen LogP contribution in [-0.2, 0) is 9.53 Å². The summed E-state index contributed by atoms with van der Waals surface area (Å²) in [7, 11) is 0. The van der Waals surface area contributed by atoms with E-state index in [4.69, 9.17) is 4.74 Å². The molecule has 1 atom stereocenters. The van der Waals surface area contributed by atoms with Crippen LogP contribution >= 0.6 is 11.8 Å². The summed E-state index contributed by atoms with van der Waals surface area (Å²) in [6, 6.07) is 25.5. The summed E-state index contributed by atoms with van der Waals surface area (Å²) in [5, 5.41) is 23.6. The molecule has 0 aliphatic carbocycles. The van der Waals surface area contributed by atoms with Gasteiger partial charge in [-0.1, -0.05) is 49.7 Å². The van der Waals surface area contributed by atoms with Gasteiger partial charge in [0.25, 0.3) is 5.91 Å². The maximum Gasteiger partial charge on any atom is 0.338 e. The number of hydrogen-bond donors (Lipinski definition) is 4. The third-order valence-corrected chi connectivity index (χ3v) is 7.80. The van der Waals surface area contributed by atoms with E-state index < -0.39 is 34.6 Å². The molecule has 1 unspecified atom stereocenters. The molecule has 230 valence electrons. The van der Waals surface area contributed by atoms with Gasteiger partial charge in [-0.3, -0.25) is 9.59 Å². The van der Waals surface area contributed by atoms with Crippen LogP contribution in [0.4, 0.5) is 11.4 Å². The van der Waals surface area contributed by atoms with Crippen molar-refractivity contribution in [3.63, 3.8) is 0 Å². The van der Waals surface area contributed by atoms with E-state index in [0.717, 1.165) is 36.6 Å². The molecular formula is C34H30N2O8S. The Kier molecular flexibility index (Phi) is 11.1. The number of benzene rings is 4. The summed E-state index contributed by atoms with van der Waals surface area (Å²) in [5.41, 5.74) is 1.05. The molecule has 0 aliphatic rings. The zero-order chi connectivity index (χ0) is 32.3. The summed E-state index contributed by atoms with van der Waals surface area (Å²) < 4.78 is 5.24. The van der Waals surface area contributed by atoms with Gasteiger partial charge in [0, 0.05) is 16.3 Å². The fourth-order valence-corrected chi connectivity index (χ4v) is 5.31. The first-order chi connectivity index (χ1) is 21.7. The molecule has 10 nitrogen and oxygen atoms in total. The van der Waals surface area contributed by atoms with Crippen molar-refractivity contribution in [2.24, 2.45) is 0 Å². The van der Waals surface area contributed by atoms with Crippen molar-refractivity contribution in [1.29, 1.82) is 0 Å². The van der Waals surface area contributed by atoms with Crippen molar-refractivity contribution in [3.8, 4) is 0 Å². The standard InChI is InChI=1S/C34H30N2O8S/c1-2-3-18-44-34(43)22-12-15-24(16-13-22)35-31(38)29(21-8-5-4-6-9-21)45-26-11-7-10-25(20-26)36-30(37)27-17-14-23(32(39)40)19-28(27)33(41)42/h4-17,19-20,29H,2-3,18H2,1H3,(H,35,38)(H,36,37)(H,39,40)(H,41,42). The van der Waals surface area contributed by atoms with Crippen LogP contribution < -0.4 is 10.6 Å². The minimum absolute atomic E-state index is 0.202. The van der Waals surface area contributed by atoms with Crippen molar-refractivity contribution >= 4 is 52.9 Å². The minimum Gasteiger partial charge on any atom is -0.478 e. The molecule has 0 aliphatic heterocycles. The average molecular weight is 627 g/mol. The zero-order valence-corrected chi connectivity index (χ0v) is 25.0. The molecule has 0 fully saturated rings. The van der Waals surface area contributed by atoms with Gasteiger partial charge in [-0.15, -0.1) is 11.8 Å². The Hall–Kier alpha value is -5.42. The second-order valence-electron chi connectivity index (χ2n) is 9.82. The van der Waals surface area contributed by atoms with E-state index in [-0.39, 0.29) is 17.0 Å². The first-order valence-electron chi connectivity index (χ1n) is 14.0. The first-order valence-corrected chi connectivity index (χ1v) is 14.9. The van der Waals surface area contributed by atoms with Crippen LogP contribution in [0.5, 0.6) is 0 Å². The van der Waals surface area contributed by atoms with Gasteiger partial charge in [-0.2, -0.15) is 0 Å². The van der Waals surface area contributed by atoms with Gasteiger partial charge in [0.05, 0.1) is 28.9 Å². The Morgan fingerprint density at radius 1 is 0.733 bits per heavy atom. The Bertz CT molecular complexity index is 1710. The number of anilines is 2. The number of carbonyl (C=O) groups excluding carboxylic acids is 3. The van der Waals surface area contributed by atoms with Gasteiger partial charge in [0.2, 0.25) is 5.91 Å². The number of amides is 2. The fraction of sp³-hybridized carbons (Fsp3) is 0.147. The summed E-state index contributed by atoms with van der Waals surface area (Å²) in [6.45, 7) is 2.35. The van der Waals surface area contributed by atoms with E-state index in [1.54, 1.807) is 48.5 Å². The van der Waals surface area contributed by atoms with Crippen LogP contribution in [-0.4, -0.2) is 46.5 Å². The van der Waals surface area contributed by atoms with Crippen LogP contribution in [0, 0.1) is 0 Å². The number of rotatable bonds is 13. The maximum atomic E-state index is 13.5. The lowest BCUT2D eigenvalue weighted by molar-refractivity contribution is -0.115. The van der Waals surface area contributed by atoms with Gasteiger partial charge < -0.3 is 25.6 Å². The molecule has 0 spiro atoms. The SMILES string of the molecule is CCCCOC(=O)c1ccc(NC(=O)C(Sc2cccc(NC(=O)c3ccc(C(=O)O)cc3C(=O)O)c2)c2ccccc2)cc1. The lowest BCUT2D eigenvalue weighted by Crippen LogP contribution is -2.19. The van der Waals surface area contributed by atoms with Crippen molar-refractivity contribution in [1.82, 2.24) is 0 Å². The molecule has 4 aromatic carbocycles. The second-order valence-corrected chi connectivity index (χ2v) is 11.0. The van der Waals surface area contributed by atoms with Crippen molar-refractivity contribution < 1.29 is 38.9 Å². The predicted octanol–water partition coefficient (Wildman–Crippen LogP) is 6.76. The Balaban J connectivity index is 1.50. The zero-order valence-electron chi connectivity index (χ0n) is 24.2. The van der Waals surface area contributed by atoms with Gasteiger partial charge >= 0.3 is 17.9 Å². The summed E-state index contributed by atoms with van der Waals surface area (Å²) >= 11 is 1.24. The first kappa shape index (κ1) is 32.5. The third-order valence-electron chi connectivity index (χ3n) is 6.55. The second kappa shape index (κ2) is 15.3. The molecule has 0 saturated carbocycles. The van der Waals surface area contributed by atoms with E-state index in [0.29, 0.717) is 28.4 Å². The molecule has 45 heavy (non-hydrogen) atoms. The Morgan fingerprint density at radius 3 is 2.11 bits per heavy atom. The largest absolute Gasteiger partial charge is 0.478 e. The quantitative estimate of drug-likeness (QED) is 0.0714. The minimum atomic E-state index is -1.44. The Morgan fingerprint density at radius 2 is 1.44 bits per heavy atom. The number of hydrogen-bond acceptors (Lipinski definition) is 7. The molecule has 2 amide bonds. The van der Waals surface area contributed by atoms with Gasteiger partial charge in [-0.05, 0) is 72.6 Å². The van der Waals surface area contributed by atoms with Crippen LogP contribution in [0.3, 0.4) is 0 Å². The van der Waals surface area contributed by atoms with Crippen LogP contribution in [0.15, 0.2) is 102 Å². The summed E-state index contributed by atoms with van der Waals surface area (Å²) in [5.74, 6) is -4.23. The van der Waals surface area contributed by atoms with E-state index in [9.17, 15) is 34.2 Å². The van der Waals surface area contributed by atoms with Crippen LogP contribution in [0.1, 0.15) is 72.0 Å².